The normalized spacial score (nSPS) is 11.1. The summed E-state index contributed by atoms with van der Waals surface area (Å²) in [6.45, 7) is 6.01. The highest BCUT2D eigenvalue weighted by molar-refractivity contribution is 7.71. The number of rotatable bonds is 6. The van der Waals surface area contributed by atoms with Gasteiger partial charge < -0.3 is 5.32 Å². The lowest BCUT2D eigenvalue weighted by atomic mass is 9.94. The lowest BCUT2D eigenvalue weighted by Crippen LogP contribution is -2.47. The lowest BCUT2D eigenvalue weighted by Gasteiger charge is -2.27. The van der Waals surface area contributed by atoms with Crippen molar-refractivity contribution in [2.75, 3.05) is 0 Å². The van der Waals surface area contributed by atoms with Gasteiger partial charge in [-0.15, -0.1) is 6.42 Å². The number of terminal acetylenes is 1. The number of amides is 1. The zero-order valence-corrected chi connectivity index (χ0v) is 15.0. The summed E-state index contributed by atoms with van der Waals surface area (Å²) < 4.78 is 2.09. The summed E-state index contributed by atoms with van der Waals surface area (Å²) in [6.07, 6.45) is 6.95. The van der Waals surface area contributed by atoms with Crippen LogP contribution in [0.3, 0.4) is 0 Å². The van der Waals surface area contributed by atoms with E-state index in [1.54, 1.807) is 4.57 Å². The molecule has 0 fully saturated rings. The summed E-state index contributed by atoms with van der Waals surface area (Å²) in [5, 5.41) is 9.96. The Morgan fingerprint density at radius 2 is 2.00 bits per heavy atom. The van der Waals surface area contributed by atoms with E-state index < -0.39 is 5.54 Å². The predicted molar refractivity (Wildman–Crippen MR) is 97.9 cm³/mol. The fourth-order valence-corrected chi connectivity index (χ4v) is 2.70. The molecule has 1 amide bonds. The van der Waals surface area contributed by atoms with Crippen LogP contribution < -0.4 is 5.32 Å². The van der Waals surface area contributed by atoms with Gasteiger partial charge in [0, 0.05) is 5.56 Å². The second-order valence-corrected chi connectivity index (χ2v) is 6.17. The molecule has 2 rings (SSSR count). The van der Waals surface area contributed by atoms with E-state index in [2.05, 4.69) is 21.4 Å². The number of aryl methyl sites for hydroxylation is 1. The number of H-pyrrole nitrogens is 1. The minimum atomic E-state index is -0.618. The molecule has 0 saturated carbocycles. The van der Waals surface area contributed by atoms with E-state index in [0.29, 0.717) is 23.4 Å². The van der Waals surface area contributed by atoms with E-state index in [1.807, 2.05) is 45.0 Å². The van der Waals surface area contributed by atoms with Crippen molar-refractivity contribution in [2.24, 2.45) is 0 Å². The Kier molecular flexibility index (Phi) is 5.58. The number of hydrogen-bond donors (Lipinski definition) is 2. The van der Waals surface area contributed by atoms with Crippen LogP contribution in [0, 0.1) is 24.0 Å². The molecule has 126 valence electrons. The largest absolute Gasteiger partial charge is 0.338 e. The summed E-state index contributed by atoms with van der Waals surface area (Å²) >= 11 is 5.27. The Morgan fingerprint density at radius 1 is 1.38 bits per heavy atom. The van der Waals surface area contributed by atoms with Gasteiger partial charge in [0.2, 0.25) is 5.91 Å². The summed E-state index contributed by atoms with van der Waals surface area (Å²) in [6, 6.07) is 7.90. The molecule has 1 aromatic heterocycles. The van der Waals surface area contributed by atoms with Gasteiger partial charge in [-0.3, -0.25) is 14.5 Å². The first-order valence-electron chi connectivity index (χ1n) is 7.95. The van der Waals surface area contributed by atoms with E-state index in [1.165, 1.54) is 0 Å². The van der Waals surface area contributed by atoms with Crippen molar-refractivity contribution in [3.8, 4) is 23.7 Å². The first kappa shape index (κ1) is 18.0. The van der Waals surface area contributed by atoms with Gasteiger partial charge in [-0.2, -0.15) is 5.10 Å². The van der Waals surface area contributed by atoms with Crippen molar-refractivity contribution in [3.05, 3.63) is 34.6 Å². The topological polar surface area (TPSA) is 62.7 Å². The lowest BCUT2D eigenvalue weighted by molar-refractivity contribution is -0.123. The fraction of sp³-hybridized carbons (Fsp3) is 0.389. The molecule has 0 aliphatic rings. The molecule has 0 radical (unpaired) electrons. The maximum Gasteiger partial charge on any atom is 0.241 e. The minimum absolute atomic E-state index is 0.0714. The fourth-order valence-electron chi connectivity index (χ4n) is 2.50. The van der Waals surface area contributed by atoms with Gasteiger partial charge in [-0.1, -0.05) is 49.6 Å². The van der Waals surface area contributed by atoms with Gasteiger partial charge >= 0.3 is 0 Å². The summed E-state index contributed by atoms with van der Waals surface area (Å²) in [7, 11) is 0. The van der Waals surface area contributed by atoms with Crippen LogP contribution in [0.2, 0.25) is 0 Å². The summed E-state index contributed by atoms with van der Waals surface area (Å²) in [5.74, 6) is 3.16. The summed E-state index contributed by atoms with van der Waals surface area (Å²) in [4.78, 5) is 12.5. The van der Waals surface area contributed by atoms with E-state index in [-0.39, 0.29) is 12.5 Å². The van der Waals surface area contributed by atoms with Crippen LogP contribution in [-0.2, 0) is 11.3 Å². The number of aromatic nitrogens is 3. The van der Waals surface area contributed by atoms with Crippen LogP contribution in [0.4, 0.5) is 0 Å². The zero-order chi connectivity index (χ0) is 17.7. The van der Waals surface area contributed by atoms with Crippen LogP contribution in [0.5, 0.6) is 0 Å². The highest BCUT2D eigenvalue weighted by Crippen LogP contribution is 2.18. The van der Waals surface area contributed by atoms with Crippen molar-refractivity contribution in [1.29, 1.82) is 0 Å². The van der Waals surface area contributed by atoms with E-state index in [4.69, 9.17) is 18.6 Å². The van der Waals surface area contributed by atoms with Gasteiger partial charge in [0.05, 0.1) is 0 Å². The number of benzene rings is 1. The molecular formula is C18H22N4OS. The van der Waals surface area contributed by atoms with E-state index >= 15 is 0 Å². The van der Waals surface area contributed by atoms with Crippen molar-refractivity contribution in [3.63, 3.8) is 0 Å². The van der Waals surface area contributed by atoms with Gasteiger partial charge in [0.15, 0.2) is 10.6 Å². The number of carbonyl (C=O) groups excluding carboxylic acids is 1. The van der Waals surface area contributed by atoms with Gasteiger partial charge in [-0.05, 0) is 32.0 Å². The molecule has 24 heavy (non-hydrogen) atoms. The first-order valence-corrected chi connectivity index (χ1v) is 8.36. The standard InChI is InChI=1S/C18H22N4OS/c1-5-18(6-2,7-3)19-15(23)12-22-16(20-21-17(22)24)14-10-8-13(4)9-11-14/h1,8-11H,6-7,12H2,2-4H3,(H,19,23)(H,21,24). The second kappa shape index (κ2) is 7.45. The molecule has 0 bridgehead atoms. The zero-order valence-electron chi connectivity index (χ0n) is 14.2. The molecule has 1 heterocycles. The van der Waals surface area contributed by atoms with Gasteiger partial charge in [0.25, 0.3) is 0 Å². The average molecular weight is 342 g/mol. The quantitative estimate of drug-likeness (QED) is 0.626. The van der Waals surface area contributed by atoms with Gasteiger partial charge in [0.1, 0.15) is 12.1 Å². The Hall–Kier alpha value is -2.39. The van der Waals surface area contributed by atoms with Crippen LogP contribution in [0.1, 0.15) is 32.3 Å². The smallest absolute Gasteiger partial charge is 0.241 e. The molecule has 6 heteroatoms. The highest BCUT2D eigenvalue weighted by atomic mass is 32.1. The third-order valence-corrected chi connectivity index (χ3v) is 4.54. The molecule has 5 nitrogen and oxygen atoms in total. The number of nitrogens with zero attached hydrogens (tertiary/aromatic N) is 2. The van der Waals surface area contributed by atoms with Crippen LogP contribution in [0.15, 0.2) is 24.3 Å². The van der Waals surface area contributed by atoms with Crippen molar-refractivity contribution >= 4 is 18.1 Å². The molecule has 0 spiro atoms. The van der Waals surface area contributed by atoms with Crippen LogP contribution in [-0.4, -0.2) is 26.2 Å². The number of hydrogen-bond acceptors (Lipinski definition) is 3. The Labute approximate surface area is 147 Å². The van der Waals surface area contributed by atoms with Crippen LogP contribution in [0.25, 0.3) is 11.4 Å². The number of carbonyl (C=O) groups is 1. The van der Waals surface area contributed by atoms with E-state index in [0.717, 1.165) is 11.1 Å². The third-order valence-electron chi connectivity index (χ3n) is 4.23. The molecule has 0 unspecified atom stereocenters. The van der Waals surface area contributed by atoms with Crippen molar-refractivity contribution < 1.29 is 4.79 Å². The monoisotopic (exact) mass is 342 g/mol. The van der Waals surface area contributed by atoms with Crippen LogP contribution >= 0.6 is 12.2 Å². The molecular weight excluding hydrogens is 320 g/mol. The number of nitrogens with one attached hydrogen (secondary N) is 2. The highest BCUT2D eigenvalue weighted by Gasteiger charge is 2.25. The molecule has 0 aliphatic carbocycles. The average Bonchev–Trinajstić information content (AvgIpc) is 2.94. The molecule has 1 aromatic carbocycles. The predicted octanol–water partition coefficient (Wildman–Crippen LogP) is 3.22. The van der Waals surface area contributed by atoms with E-state index in [9.17, 15) is 4.79 Å². The molecule has 0 atom stereocenters. The Balaban J connectivity index is 2.26. The second-order valence-electron chi connectivity index (χ2n) is 5.79. The third kappa shape index (κ3) is 3.74. The molecule has 2 aromatic rings. The summed E-state index contributed by atoms with van der Waals surface area (Å²) in [5.41, 5.74) is 1.43. The molecule has 2 N–H and O–H groups in total. The first-order chi connectivity index (χ1) is 11.4. The SMILES string of the molecule is C#CC(CC)(CC)NC(=O)Cn1c(-c2ccc(C)cc2)n[nH]c1=S. The maximum absolute atomic E-state index is 12.5. The van der Waals surface area contributed by atoms with Gasteiger partial charge in [-0.25, -0.2) is 0 Å². The number of aromatic amines is 1. The Bertz CT molecular complexity index is 807. The molecule has 0 aliphatic heterocycles. The minimum Gasteiger partial charge on any atom is -0.338 e. The van der Waals surface area contributed by atoms with Crippen molar-refractivity contribution in [1.82, 2.24) is 20.1 Å². The van der Waals surface area contributed by atoms with Crippen molar-refractivity contribution in [2.45, 2.75) is 45.7 Å². The maximum atomic E-state index is 12.5. The molecule has 0 saturated heterocycles. The Morgan fingerprint density at radius 3 is 2.54 bits per heavy atom.